The Bertz CT molecular complexity index is 1020. The Morgan fingerprint density at radius 3 is 2.69 bits per heavy atom. The van der Waals surface area contributed by atoms with Crippen molar-refractivity contribution in [3.63, 3.8) is 0 Å². The van der Waals surface area contributed by atoms with Crippen LogP contribution in [0, 0.1) is 11.7 Å². The number of imide groups is 1. The van der Waals surface area contributed by atoms with E-state index in [0.29, 0.717) is 49.6 Å². The maximum atomic E-state index is 14.1. The van der Waals surface area contributed by atoms with Crippen molar-refractivity contribution in [2.45, 2.75) is 44.7 Å². The number of nitrogens with zero attached hydrogens (tertiary/aromatic N) is 2. The molecule has 3 heterocycles. The van der Waals surface area contributed by atoms with Crippen LogP contribution in [0.25, 0.3) is 0 Å². The summed E-state index contributed by atoms with van der Waals surface area (Å²) in [4.78, 5) is 41.7. The second kappa shape index (κ2) is 8.94. The van der Waals surface area contributed by atoms with Gasteiger partial charge in [-0.1, -0.05) is 24.9 Å². The number of urea groups is 1. The van der Waals surface area contributed by atoms with E-state index < -0.39 is 23.3 Å². The standard InChI is InChI=1S/C23H25ClFN3O4/c1-2-9-23(21(30)28(22(31)26-23)14-17-4-3-12-32-17)15-7-10-27(11-8-15)20(29)18-13-16(24)5-6-19(18)25/h3-6,12-13,15H,2,7-11,14H2,1H3,(H,26,31). The molecule has 1 atom stereocenters. The highest BCUT2D eigenvalue weighted by Gasteiger charge is 2.55. The first-order valence-corrected chi connectivity index (χ1v) is 11.1. The molecule has 1 aromatic carbocycles. The van der Waals surface area contributed by atoms with Gasteiger partial charge in [-0.15, -0.1) is 0 Å². The lowest BCUT2D eigenvalue weighted by atomic mass is 9.74. The molecule has 0 aliphatic carbocycles. The molecule has 2 fully saturated rings. The quantitative estimate of drug-likeness (QED) is 0.653. The number of carbonyl (C=O) groups excluding carboxylic acids is 3. The van der Waals surface area contributed by atoms with Gasteiger partial charge < -0.3 is 14.6 Å². The molecule has 1 N–H and O–H groups in total. The van der Waals surface area contributed by atoms with Crippen molar-refractivity contribution in [2.75, 3.05) is 13.1 Å². The summed E-state index contributed by atoms with van der Waals surface area (Å²) in [5, 5.41) is 3.25. The van der Waals surface area contributed by atoms with Gasteiger partial charge in [0, 0.05) is 18.1 Å². The van der Waals surface area contributed by atoms with Crippen LogP contribution in [-0.4, -0.2) is 46.3 Å². The van der Waals surface area contributed by atoms with Crippen LogP contribution in [0.4, 0.5) is 9.18 Å². The Morgan fingerprint density at radius 1 is 1.28 bits per heavy atom. The lowest BCUT2D eigenvalue weighted by molar-refractivity contribution is -0.134. The third kappa shape index (κ3) is 3.99. The molecular formula is C23H25ClFN3O4. The lowest BCUT2D eigenvalue weighted by Crippen LogP contribution is -2.56. The highest BCUT2D eigenvalue weighted by Crippen LogP contribution is 2.38. The molecule has 4 amide bonds. The summed E-state index contributed by atoms with van der Waals surface area (Å²) >= 11 is 5.93. The number of likely N-dealkylation sites (tertiary alicyclic amines) is 1. The molecule has 0 saturated carbocycles. The maximum Gasteiger partial charge on any atom is 0.325 e. The first-order valence-electron chi connectivity index (χ1n) is 10.8. The number of hydrogen-bond donors (Lipinski definition) is 1. The van der Waals surface area contributed by atoms with Crippen molar-refractivity contribution in [1.82, 2.24) is 15.1 Å². The third-order valence-electron chi connectivity index (χ3n) is 6.38. The predicted molar refractivity (Wildman–Crippen MR) is 115 cm³/mol. The van der Waals surface area contributed by atoms with Crippen LogP contribution in [-0.2, 0) is 11.3 Å². The van der Waals surface area contributed by atoms with Crippen molar-refractivity contribution in [1.29, 1.82) is 0 Å². The van der Waals surface area contributed by atoms with E-state index in [1.54, 1.807) is 17.0 Å². The number of piperidine rings is 1. The largest absolute Gasteiger partial charge is 0.467 e. The van der Waals surface area contributed by atoms with Crippen molar-refractivity contribution in [3.8, 4) is 0 Å². The Kier molecular flexibility index (Phi) is 6.24. The minimum Gasteiger partial charge on any atom is -0.467 e. The van der Waals surface area contributed by atoms with Crippen LogP contribution in [0.5, 0.6) is 0 Å². The zero-order chi connectivity index (χ0) is 22.9. The molecule has 2 aliphatic heterocycles. The van der Waals surface area contributed by atoms with Crippen molar-refractivity contribution < 1.29 is 23.2 Å². The molecule has 2 aromatic rings. The SMILES string of the molecule is CCCC1(C2CCN(C(=O)c3cc(Cl)ccc3F)CC2)NC(=O)N(Cc2ccco2)C1=O. The number of carbonyl (C=O) groups is 3. The number of halogens is 2. The highest BCUT2D eigenvalue weighted by molar-refractivity contribution is 6.31. The summed E-state index contributed by atoms with van der Waals surface area (Å²) in [5.74, 6) is -0.894. The van der Waals surface area contributed by atoms with Crippen LogP contribution in [0.15, 0.2) is 41.0 Å². The van der Waals surface area contributed by atoms with Crippen LogP contribution < -0.4 is 5.32 Å². The molecule has 170 valence electrons. The van der Waals surface area contributed by atoms with Gasteiger partial charge in [-0.3, -0.25) is 14.5 Å². The summed E-state index contributed by atoms with van der Waals surface area (Å²) in [5.41, 5.74) is -1.07. The van der Waals surface area contributed by atoms with Gasteiger partial charge in [0.15, 0.2) is 0 Å². The topological polar surface area (TPSA) is 82.9 Å². The molecule has 0 spiro atoms. The molecule has 32 heavy (non-hydrogen) atoms. The Morgan fingerprint density at radius 2 is 2.03 bits per heavy atom. The molecular weight excluding hydrogens is 437 g/mol. The Labute approximate surface area is 190 Å². The van der Waals surface area contributed by atoms with Crippen LogP contribution in [0.1, 0.15) is 48.7 Å². The number of rotatable bonds is 6. The number of nitrogens with one attached hydrogen (secondary N) is 1. The predicted octanol–water partition coefficient (Wildman–Crippen LogP) is 4.22. The van der Waals surface area contributed by atoms with Crippen molar-refractivity contribution >= 4 is 29.4 Å². The number of hydrogen-bond acceptors (Lipinski definition) is 4. The minimum absolute atomic E-state index is 0.0610. The van der Waals surface area contributed by atoms with E-state index in [9.17, 15) is 18.8 Å². The number of furan rings is 1. The monoisotopic (exact) mass is 461 g/mol. The molecule has 4 rings (SSSR count). The molecule has 7 nitrogen and oxygen atoms in total. The van der Waals surface area contributed by atoms with Crippen LogP contribution in [0.3, 0.4) is 0 Å². The third-order valence-corrected chi connectivity index (χ3v) is 6.61. The van der Waals surface area contributed by atoms with E-state index >= 15 is 0 Å². The zero-order valence-corrected chi connectivity index (χ0v) is 18.5. The fraction of sp³-hybridized carbons (Fsp3) is 0.435. The molecule has 1 aromatic heterocycles. The van der Waals surface area contributed by atoms with Crippen LogP contribution >= 0.6 is 11.6 Å². The first kappa shape index (κ1) is 22.3. The van der Waals surface area contributed by atoms with E-state index in [1.807, 2.05) is 6.92 Å². The maximum absolute atomic E-state index is 14.1. The van der Waals surface area contributed by atoms with E-state index in [0.717, 1.165) is 0 Å². The summed E-state index contributed by atoms with van der Waals surface area (Å²) < 4.78 is 19.4. The van der Waals surface area contributed by atoms with Gasteiger partial charge in [-0.2, -0.15) is 0 Å². The van der Waals surface area contributed by atoms with Gasteiger partial charge in [0.2, 0.25) is 0 Å². The van der Waals surface area contributed by atoms with Crippen molar-refractivity contribution in [3.05, 3.63) is 58.8 Å². The number of benzene rings is 1. The van der Waals surface area contributed by atoms with Gasteiger partial charge in [-0.05, 0) is 55.5 Å². The molecule has 0 bridgehead atoms. The summed E-state index contributed by atoms with van der Waals surface area (Å²) in [6.45, 7) is 2.77. The van der Waals surface area contributed by atoms with E-state index in [1.165, 1.54) is 29.4 Å². The average molecular weight is 462 g/mol. The van der Waals surface area contributed by atoms with Gasteiger partial charge in [0.1, 0.15) is 17.1 Å². The van der Waals surface area contributed by atoms with Gasteiger partial charge in [-0.25, -0.2) is 9.18 Å². The first-order chi connectivity index (χ1) is 15.4. The van der Waals surface area contributed by atoms with Crippen molar-refractivity contribution in [2.24, 2.45) is 5.92 Å². The average Bonchev–Trinajstić information content (AvgIpc) is 3.38. The molecule has 9 heteroatoms. The van der Waals surface area contributed by atoms with Gasteiger partial charge >= 0.3 is 6.03 Å². The fourth-order valence-electron chi connectivity index (χ4n) is 4.80. The molecule has 2 saturated heterocycles. The van der Waals surface area contributed by atoms with E-state index in [-0.39, 0.29) is 23.9 Å². The second-order valence-corrected chi connectivity index (χ2v) is 8.75. The number of amides is 4. The van der Waals surface area contributed by atoms with E-state index in [4.69, 9.17) is 16.0 Å². The molecule has 2 aliphatic rings. The van der Waals surface area contributed by atoms with E-state index in [2.05, 4.69) is 5.32 Å². The molecule has 1 unspecified atom stereocenters. The fourth-order valence-corrected chi connectivity index (χ4v) is 4.97. The summed E-state index contributed by atoms with van der Waals surface area (Å²) in [6.07, 6.45) is 3.77. The zero-order valence-electron chi connectivity index (χ0n) is 17.8. The Balaban J connectivity index is 1.49. The lowest BCUT2D eigenvalue weighted by Gasteiger charge is -2.41. The normalized spacial score (nSPS) is 21.8. The Hall–Kier alpha value is -2.87. The summed E-state index contributed by atoms with van der Waals surface area (Å²) in [7, 11) is 0. The summed E-state index contributed by atoms with van der Waals surface area (Å²) in [6, 6.07) is 6.91. The highest BCUT2D eigenvalue weighted by atomic mass is 35.5. The smallest absolute Gasteiger partial charge is 0.325 e. The minimum atomic E-state index is -1.01. The van der Waals surface area contributed by atoms with Crippen LogP contribution in [0.2, 0.25) is 5.02 Å². The van der Waals surface area contributed by atoms with Gasteiger partial charge in [0.05, 0.1) is 18.4 Å². The second-order valence-electron chi connectivity index (χ2n) is 8.31. The molecule has 0 radical (unpaired) electrons. The van der Waals surface area contributed by atoms with Gasteiger partial charge in [0.25, 0.3) is 11.8 Å².